The summed E-state index contributed by atoms with van der Waals surface area (Å²) in [6.07, 6.45) is 0.168. The number of fused-ring (bicyclic) bond motifs is 1. The summed E-state index contributed by atoms with van der Waals surface area (Å²) >= 11 is 1.45. The van der Waals surface area contributed by atoms with E-state index in [0.717, 1.165) is 49.0 Å². The lowest BCUT2D eigenvalue weighted by molar-refractivity contribution is -0.921. The number of anilines is 1. The Morgan fingerprint density at radius 1 is 1.10 bits per heavy atom. The number of benzene rings is 2. The minimum atomic E-state index is -0.405. The molecule has 7 heteroatoms. The van der Waals surface area contributed by atoms with Gasteiger partial charge in [-0.25, -0.2) is 0 Å². The first kappa shape index (κ1) is 19.9. The Kier molecular flexibility index (Phi) is 6.49. The van der Waals surface area contributed by atoms with Crippen LogP contribution in [0.3, 0.4) is 0 Å². The maximum absolute atomic E-state index is 12.5. The van der Waals surface area contributed by atoms with Crippen LogP contribution in [0.15, 0.2) is 53.4 Å². The number of thioether (sulfide) groups is 1. The minimum absolute atomic E-state index is 0.106. The number of rotatable bonds is 6. The van der Waals surface area contributed by atoms with Gasteiger partial charge in [0, 0.05) is 23.4 Å². The number of ether oxygens (including phenoxy) is 1. The minimum Gasteiger partial charge on any atom is -0.370 e. The van der Waals surface area contributed by atoms with Gasteiger partial charge in [0.05, 0.1) is 24.2 Å². The summed E-state index contributed by atoms with van der Waals surface area (Å²) in [4.78, 5) is 27.3. The van der Waals surface area contributed by atoms with E-state index in [-0.39, 0.29) is 18.2 Å². The summed E-state index contributed by atoms with van der Waals surface area (Å²) in [7, 11) is 0. The van der Waals surface area contributed by atoms with Crippen LogP contribution >= 0.6 is 11.8 Å². The van der Waals surface area contributed by atoms with Crippen molar-refractivity contribution in [2.24, 2.45) is 0 Å². The molecule has 1 fully saturated rings. The van der Waals surface area contributed by atoms with Gasteiger partial charge in [-0.15, -0.1) is 11.8 Å². The highest BCUT2D eigenvalue weighted by molar-refractivity contribution is 8.01. The molecular weight excluding hydrogens is 386 g/mol. The number of carbonyl (C=O) groups excluding carboxylic acids is 2. The molecule has 2 aromatic rings. The first-order chi connectivity index (χ1) is 14.2. The van der Waals surface area contributed by atoms with Crippen LogP contribution in [-0.2, 0) is 27.4 Å². The van der Waals surface area contributed by atoms with Gasteiger partial charge in [-0.1, -0.05) is 36.4 Å². The lowest BCUT2D eigenvalue weighted by Gasteiger charge is -2.25. The molecule has 6 nitrogen and oxygen atoms in total. The van der Waals surface area contributed by atoms with E-state index < -0.39 is 5.25 Å². The maximum atomic E-state index is 12.5. The van der Waals surface area contributed by atoms with E-state index in [0.29, 0.717) is 6.54 Å². The number of para-hydroxylation sites is 1. The molecule has 2 aliphatic rings. The zero-order chi connectivity index (χ0) is 20.1. The van der Waals surface area contributed by atoms with Crippen LogP contribution in [0.2, 0.25) is 0 Å². The van der Waals surface area contributed by atoms with Crippen LogP contribution < -0.4 is 15.5 Å². The van der Waals surface area contributed by atoms with Crippen LogP contribution in [0.5, 0.6) is 0 Å². The van der Waals surface area contributed by atoms with Gasteiger partial charge in [0.2, 0.25) is 11.8 Å². The average molecular weight is 413 g/mol. The summed E-state index contributed by atoms with van der Waals surface area (Å²) in [5.41, 5.74) is 3.20. The Labute approximate surface area is 175 Å². The number of hydrogen-bond donors (Lipinski definition) is 3. The van der Waals surface area contributed by atoms with Gasteiger partial charge in [-0.2, -0.15) is 0 Å². The molecule has 0 unspecified atom stereocenters. The van der Waals surface area contributed by atoms with E-state index in [1.54, 1.807) is 0 Å². The molecule has 0 aliphatic carbocycles. The SMILES string of the molecule is O=C(C[C@H]1Sc2ccccc2NC1=O)NCc1ccccc1C[NH+]1CCOCC1. The number of nitrogens with one attached hydrogen (secondary N) is 3. The predicted octanol–water partition coefficient (Wildman–Crippen LogP) is 1.22. The third-order valence-electron chi connectivity index (χ3n) is 5.31. The lowest BCUT2D eigenvalue weighted by atomic mass is 10.1. The number of morpholine rings is 1. The number of carbonyl (C=O) groups is 2. The first-order valence-electron chi connectivity index (χ1n) is 10.0. The van der Waals surface area contributed by atoms with Crippen molar-refractivity contribution in [2.45, 2.75) is 29.7 Å². The van der Waals surface area contributed by atoms with Gasteiger partial charge in [0.15, 0.2) is 0 Å². The third-order valence-corrected chi connectivity index (χ3v) is 6.59. The molecule has 29 heavy (non-hydrogen) atoms. The second kappa shape index (κ2) is 9.43. The summed E-state index contributed by atoms with van der Waals surface area (Å²) in [5, 5.41) is 5.49. The van der Waals surface area contributed by atoms with Gasteiger partial charge < -0.3 is 20.3 Å². The maximum Gasteiger partial charge on any atom is 0.238 e. The van der Waals surface area contributed by atoms with Crippen molar-refractivity contribution in [3.05, 3.63) is 59.7 Å². The molecule has 0 bridgehead atoms. The Bertz CT molecular complexity index is 883. The van der Waals surface area contributed by atoms with Crippen molar-refractivity contribution < 1.29 is 19.2 Å². The van der Waals surface area contributed by atoms with Crippen LogP contribution in [-0.4, -0.2) is 43.4 Å². The van der Waals surface area contributed by atoms with Crippen molar-refractivity contribution >= 4 is 29.3 Å². The summed E-state index contributed by atoms with van der Waals surface area (Å²) in [5.74, 6) is -0.217. The van der Waals surface area contributed by atoms with E-state index in [1.165, 1.54) is 22.2 Å². The summed E-state index contributed by atoms with van der Waals surface area (Å²) < 4.78 is 5.44. The lowest BCUT2D eigenvalue weighted by Crippen LogP contribution is -3.12. The van der Waals surface area contributed by atoms with Gasteiger partial charge in [-0.05, 0) is 17.7 Å². The molecule has 2 aliphatic heterocycles. The number of quaternary nitrogens is 1. The topological polar surface area (TPSA) is 71.9 Å². The first-order valence-corrected chi connectivity index (χ1v) is 10.9. The van der Waals surface area contributed by atoms with Crippen LogP contribution in [0.1, 0.15) is 17.5 Å². The molecule has 0 saturated carbocycles. The standard InChI is InChI=1S/C22H25N3O3S/c26-21(13-20-22(27)24-18-7-3-4-8-19(18)29-20)23-14-16-5-1-2-6-17(16)15-25-9-11-28-12-10-25/h1-8,20H,9-15H2,(H,23,26)(H,24,27)/p+1/t20-/m1/s1. The highest BCUT2D eigenvalue weighted by atomic mass is 32.2. The van der Waals surface area contributed by atoms with E-state index in [1.807, 2.05) is 36.4 Å². The van der Waals surface area contributed by atoms with Gasteiger partial charge in [0.1, 0.15) is 19.6 Å². The Morgan fingerprint density at radius 3 is 2.66 bits per heavy atom. The number of hydrogen-bond acceptors (Lipinski definition) is 4. The highest BCUT2D eigenvalue weighted by Crippen LogP contribution is 2.36. The van der Waals surface area contributed by atoms with Crippen LogP contribution in [0.4, 0.5) is 5.69 Å². The van der Waals surface area contributed by atoms with Gasteiger partial charge in [0.25, 0.3) is 0 Å². The molecule has 0 spiro atoms. The van der Waals surface area contributed by atoms with Crippen LogP contribution in [0, 0.1) is 0 Å². The Morgan fingerprint density at radius 2 is 1.83 bits per heavy atom. The fourth-order valence-corrected chi connectivity index (χ4v) is 4.78. The molecular formula is C22H26N3O3S+. The Hall–Kier alpha value is -2.35. The largest absolute Gasteiger partial charge is 0.370 e. The monoisotopic (exact) mass is 412 g/mol. The molecule has 0 radical (unpaired) electrons. The quantitative estimate of drug-likeness (QED) is 0.667. The zero-order valence-electron chi connectivity index (χ0n) is 16.3. The Balaban J connectivity index is 1.32. The fourth-order valence-electron chi connectivity index (χ4n) is 3.67. The third kappa shape index (κ3) is 5.18. The average Bonchev–Trinajstić information content (AvgIpc) is 2.74. The van der Waals surface area contributed by atoms with Gasteiger partial charge >= 0.3 is 0 Å². The molecule has 0 aromatic heterocycles. The van der Waals surface area contributed by atoms with E-state index in [9.17, 15) is 9.59 Å². The highest BCUT2D eigenvalue weighted by Gasteiger charge is 2.28. The predicted molar refractivity (Wildman–Crippen MR) is 113 cm³/mol. The van der Waals surface area contributed by atoms with Crippen molar-refractivity contribution in [1.82, 2.24) is 5.32 Å². The summed E-state index contributed by atoms with van der Waals surface area (Å²) in [6, 6.07) is 15.9. The molecule has 152 valence electrons. The number of amides is 2. The van der Waals surface area contributed by atoms with Crippen LogP contribution in [0.25, 0.3) is 0 Å². The smallest absolute Gasteiger partial charge is 0.238 e. The normalized spacial score (nSPS) is 19.3. The molecule has 2 amide bonds. The molecule has 1 atom stereocenters. The fraction of sp³-hybridized carbons (Fsp3) is 0.364. The second-order valence-corrected chi connectivity index (χ2v) is 8.63. The molecule has 1 saturated heterocycles. The van der Waals surface area contributed by atoms with E-state index in [4.69, 9.17) is 4.74 Å². The molecule has 2 heterocycles. The molecule has 2 aromatic carbocycles. The van der Waals surface area contributed by atoms with Crippen molar-refractivity contribution in [3.63, 3.8) is 0 Å². The van der Waals surface area contributed by atoms with Crippen molar-refractivity contribution in [1.29, 1.82) is 0 Å². The van der Waals surface area contributed by atoms with Gasteiger partial charge in [-0.3, -0.25) is 9.59 Å². The zero-order valence-corrected chi connectivity index (χ0v) is 17.1. The summed E-state index contributed by atoms with van der Waals surface area (Å²) in [6.45, 7) is 5.05. The second-order valence-electron chi connectivity index (χ2n) is 7.38. The van der Waals surface area contributed by atoms with Crippen molar-refractivity contribution in [2.75, 3.05) is 31.6 Å². The molecule has 4 rings (SSSR count). The van der Waals surface area contributed by atoms with E-state index in [2.05, 4.69) is 22.8 Å². The van der Waals surface area contributed by atoms with Crippen molar-refractivity contribution in [3.8, 4) is 0 Å². The van der Waals surface area contributed by atoms with E-state index >= 15 is 0 Å². The molecule has 3 N–H and O–H groups in total.